The molecule has 2 rings (SSSR count). The highest BCUT2D eigenvalue weighted by atomic mass is 32.1. The SMILES string of the molecule is N=CCC[C@H]1CC[C@@H]2O[C@@H](CCCO)C[C@]2(CS)O1. The third-order valence-electron chi connectivity index (χ3n) is 4.25. The Morgan fingerprint density at radius 2 is 2.16 bits per heavy atom. The van der Waals surface area contributed by atoms with Gasteiger partial charge in [0.15, 0.2) is 0 Å². The number of rotatable bonds is 7. The Bertz CT molecular complexity index is 302. The molecule has 4 atom stereocenters. The van der Waals surface area contributed by atoms with E-state index in [2.05, 4.69) is 12.6 Å². The molecular weight excluding hydrogens is 262 g/mol. The molecule has 0 aromatic carbocycles. The van der Waals surface area contributed by atoms with Gasteiger partial charge in [-0.15, -0.1) is 0 Å². The van der Waals surface area contributed by atoms with Gasteiger partial charge in [-0.25, -0.2) is 0 Å². The Hall–Kier alpha value is -0.100. The fraction of sp³-hybridized carbons (Fsp3) is 0.929. The number of aliphatic hydroxyl groups is 1. The zero-order chi connectivity index (χ0) is 13.7. The van der Waals surface area contributed by atoms with Gasteiger partial charge in [0.25, 0.3) is 0 Å². The van der Waals surface area contributed by atoms with Crippen LogP contribution in [-0.4, -0.2) is 47.6 Å². The van der Waals surface area contributed by atoms with Crippen LogP contribution in [0.1, 0.15) is 44.9 Å². The van der Waals surface area contributed by atoms with E-state index in [0.29, 0.717) is 5.75 Å². The van der Waals surface area contributed by atoms with Crippen LogP contribution in [0.2, 0.25) is 0 Å². The molecule has 2 heterocycles. The van der Waals surface area contributed by atoms with Crippen molar-refractivity contribution >= 4 is 18.8 Å². The lowest BCUT2D eigenvalue weighted by Crippen LogP contribution is -2.49. The molecule has 5 heteroatoms. The summed E-state index contributed by atoms with van der Waals surface area (Å²) in [5.41, 5.74) is -0.242. The van der Waals surface area contributed by atoms with Gasteiger partial charge in [0.05, 0.1) is 18.3 Å². The fourth-order valence-corrected chi connectivity index (χ4v) is 3.68. The fourth-order valence-electron chi connectivity index (χ4n) is 3.27. The average Bonchev–Trinajstić information content (AvgIpc) is 2.81. The van der Waals surface area contributed by atoms with Gasteiger partial charge in [-0.1, -0.05) is 0 Å². The highest BCUT2D eigenvalue weighted by Crippen LogP contribution is 2.44. The first kappa shape index (κ1) is 15.3. The lowest BCUT2D eigenvalue weighted by Gasteiger charge is -2.41. The molecule has 2 N–H and O–H groups in total. The summed E-state index contributed by atoms with van der Waals surface area (Å²) in [7, 11) is 0. The Kier molecular flexibility index (Phi) is 5.69. The predicted molar refractivity (Wildman–Crippen MR) is 78.3 cm³/mol. The molecule has 19 heavy (non-hydrogen) atoms. The molecule has 0 unspecified atom stereocenters. The number of fused-ring (bicyclic) bond motifs is 1. The van der Waals surface area contributed by atoms with E-state index in [9.17, 15) is 0 Å². The summed E-state index contributed by atoms with van der Waals surface area (Å²) < 4.78 is 12.4. The highest BCUT2D eigenvalue weighted by molar-refractivity contribution is 7.80. The Morgan fingerprint density at radius 1 is 1.32 bits per heavy atom. The molecule has 0 aromatic rings. The van der Waals surface area contributed by atoms with E-state index in [1.54, 1.807) is 0 Å². The molecule has 4 nitrogen and oxygen atoms in total. The van der Waals surface area contributed by atoms with E-state index in [-0.39, 0.29) is 30.5 Å². The van der Waals surface area contributed by atoms with E-state index in [0.717, 1.165) is 44.9 Å². The highest BCUT2D eigenvalue weighted by Gasteiger charge is 2.51. The van der Waals surface area contributed by atoms with Crippen LogP contribution < -0.4 is 0 Å². The van der Waals surface area contributed by atoms with Gasteiger partial charge >= 0.3 is 0 Å². The van der Waals surface area contributed by atoms with Gasteiger partial charge in [-0.2, -0.15) is 12.6 Å². The number of thiol groups is 1. The first-order valence-electron chi connectivity index (χ1n) is 7.28. The molecule has 2 fully saturated rings. The second kappa shape index (κ2) is 7.07. The quantitative estimate of drug-likeness (QED) is 0.497. The van der Waals surface area contributed by atoms with Crippen LogP contribution >= 0.6 is 12.6 Å². The van der Waals surface area contributed by atoms with Gasteiger partial charge in [0.2, 0.25) is 0 Å². The van der Waals surface area contributed by atoms with Crippen molar-refractivity contribution in [2.75, 3.05) is 12.4 Å². The first-order chi connectivity index (χ1) is 9.24. The van der Waals surface area contributed by atoms with Gasteiger partial charge in [-0.3, -0.25) is 0 Å². The molecule has 110 valence electrons. The Balaban J connectivity index is 1.94. The smallest absolute Gasteiger partial charge is 0.106 e. The molecule has 0 spiro atoms. The minimum absolute atomic E-state index is 0.157. The van der Waals surface area contributed by atoms with Crippen LogP contribution in [0.5, 0.6) is 0 Å². The number of hydrogen-bond acceptors (Lipinski definition) is 5. The average molecular weight is 287 g/mol. The molecule has 2 aliphatic heterocycles. The van der Waals surface area contributed by atoms with Crippen molar-refractivity contribution in [1.29, 1.82) is 5.41 Å². The van der Waals surface area contributed by atoms with Crippen LogP contribution in [-0.2, 0) is 9.47 Å². The summed E-state index contributed by atoms with van der Waals surface area (Å²) in [5, 5.41) is 16.0. The number of aliphatic hydroxyl groups excluding tert-OH is 1. The van der Waals surface area contributed by atoms with E-state index in [1.165, 1.54) is 6.21 Å². The summed E-state index contributed by atoms with van der Waals surface area (Å²) in [6.45, 7) is 0.223. The van der Waals surface area contributed by atoms with Crippen molar-refractivity contribution in [3.63, 3.8) is 0 Å². The molecule has 2 aliphatic rings. The molecule has 0 saturated carbocycles. The standard InChI is InChI=1S/C14H25NO3S/c15-7-1-3-11-5-6-13-14(10-19,18-11)9-12(17-13)4-2-8-16/h7,11-13,15-16,19H,1-6,8-10H2/t11-,12-,13-,14+/m0/s1. The van der Waals surface area contributed by atoms with Crippen LogP contribution in [0.4, 0.5) is 0 Å². The summed E-state index contributed by atoms with van der Waals surface area (Å²) in [6, 6.07) is 0. The molecule has 0 bridgehead atoms. The zero-order valence-corrected chi connectivity index (χ0v) is 12.3. The maximum absolute atomic E-state index is 8.92. The minimum atomic E-state index is -0.242. The van der Waals surface area contributed by atoms with Crippen LogP contribution in [0.15, 0.2) is 0 Å². The predicted octanol–water partition coefficient (Wildman–Crippen LogP) is 2.19. The van der Waals surface area contributed by atoms with E-state index < -0.39 is 0 Å². The largest absolute Gasteiger partial charge is 0.396 e. The zero-order valence-electron chi connectivity index (χ0n) is 11.4. The maximum Gasteiger partial charge on any atom is 0.106 e. The monoisotopic (exact) mass is 287 g/mol. The molecule has 0 radical (unpaired) electrons. The van der Waals surface area contributed by atoms with Crippen molar-refractivity contribution in [3.8, 4) is 0 Å². The minimum Gasteiger partial charge on any atom is -0.396 e. The van der Waals surface area contributed by atoms with Crippen LogP contribution in [0.3, 0.4) is 0 Å². The normalized spacial score (nSPS) is 38.1. The molecule has 0 amide bonds. The molecule has 2 saturated heterocycles. The summed E-state index contributed by atoms with van der Waals surface area (Å²) >= 11 is 4.49. The summed E-state index contributed by atoms with van der Waals surface area (Å²) in [5.74, 6) is 0.689. The summed E-state index contributed by atoms with van der Waals surface area (Å²) in [4.78, 5) is 0. The van der Waals surface area contributed by atoms with Gasteiger partial charge in [0, 0.05) is 18.8 Å². The van der Waals surface area contributed by atoms with E-state index in [4.69, 9.17) is 20.0 Å². The molecular formula is C14H25NO3S. The number of ether oxygens (including phenoxy) is 2. The topological polar surface area (TPSA) is 62.5 Å². The van der Waals surface area contributed by atoms with Crippen LogP contribution in [0.25, 0.3) is 0 Å². The van der Waals surface area contributed by atoms with Crippen LogP contribution in [0, 0.1) is 5.41 Å². The first-order valence-corrected chi connectivity index (χ1v) is 7.91. The van der Waals surface area contributed by atoms with E-state index in [1.807, 2.05) is 0 Å². The number of hydrogen-bond donors (Lipinski definition) is 3. The second-order valence-electron chi connectivity index (χ2n) is 5.64. The summed E-state index contributed by atoms with van der Waals surface area (Å²) in [6.07, 6.45) is 8.38. The lowest BCUT2D eigenvalue weighted by molar-refractivity contribution is -0.154. The molecule has 0 aliphatic carbocycles. The van der Waals surface area contributed by atoms with Crippen molar-refractivity contribution < 1.29 is 14.6 Å². The van der Waals surface area contributed by atoms with Gasteiger partial charge < -0.3 is 20.0 Å². The van der Waals surface area contributed by atoms with Gasteiger partial charge in [-0.05, 0) is 44.7 Å². The van der Waals surface area contributed by atoms with Crippen molar-refractivity contribution in [2.24, 2.45) is 0 Å². The Labute approximate surface area is 120 Å². The van der Waals surface area contributed by atoms with Crippen molar-refractivity contribution in [2.45, 2.75) is 68.9 Å². The number of nitrogens with one attached hydrogen (secondary N) is 1. The maximum atomic E-state index is 8.92. The van der Waals surface area contributed by atoms with Gasteiger partial charge in [0.1, 0.15) is 5.60 Å². The van der Waals surface area contributed by atoms with Crippen molar-refractivity contribution in [3.05, 3.63) is 0 Å². The second-order valence-corrected chi connectivity index (χ2v) is 5.95. The third kappa shape index (κ3) is 3.51. The molecule has 0 aromatic heterocycles. The van der Waals surface area contributed by atoms with E-state index >= 15 is 0 Å². The lowest BCUT2D eigenvalue weighted by atomic mass is 9.87. The van der Waals surface area contributed by atoms with Crippen molar-refractivity contribution in [1.82, 2.24) is 0 Å². The third-order valence-corrected chi connectivity index (χ3v) is 4.79. The Morgan fingerprint density at radius 3 is 2.84 bits per heavy atom.